The highest BCUT2D eigenvalue weighted by Crippen LogP contribution is 2.24. The first-order valence-electron chi connectivity index (χ1n) is 5.46. The third kappa shape index (κ3) is 2.19. The number of allylic oxidation sites excluding steroid dienone is 1. The Kier molecular flexibility index (Phi) is 3.16. The molecule has 0 spiro atoms. The lowest BCUT2D eigenvalue weighted by Crippen LogP contribution is -1.87. The van der Waals surface area contributed by atoms with Gasteiger partial charge < -0.3 is 0 Å². The Morgan fingerprint density at radius 1 is 1.12 bits per heavy atom. The number of benzene rings is 1. The lowest BCUT2D eigenvalue weighted by molar-refractivity contribution is 1.31. The lowest BCUT2D eigenvalue weighted by atomic mass is 10.0. The van der Waals surface area contributed by atoms with Crippen molar-refractivity contribution in [3.05, 3.63) is 59.8 Å². The molecular formula is C15H15N. The van der Waals surface area contributed by atoms with E-state index in [2.05, 4.69) is 42.3 Å². The highest BCUT2D eigenvalue weighted by atomic mass is 14.7. The molecule has 1 aromatic carbocycles. The number of aromatic nitrogens is 1. The minimum absolute atomic E-state index is 1.03. The third-order valence-corrected chi connectivity index (χ3v) is 2.50. The van der Waals surface area contributed by atoms with Crippen LogP contribution >= 0.6 is 0 Å². The van der Waals surface area contributed by atoms with Gasteiger partial charge in [0.1, 0.15) is 0 Å². The third-order valence-electron chi connectivity index (χ3n) is 2.50. The van der Waals surface area contributed by atoms with E-state index in [0.717, 1.165) is 5.69 Å². The highest BCUT2D eigenvalue weighted by Gasteiger charge is 2.03. The summed E-state index contributed by atoms with van der Waals surface area (Å²) in [6.45, 7) is 4.13. The first-order chi connectivity index (χ1) is 7.81. The second kappa shape index (κ2) is 4.75. The van der Waals surface area contributed by atoms with Crippen LogP contribution in [-0.2, 0) is 0 Å². The van der Waals surface area contributed by atoms with Crippen LogP contribution in [0.3, 0.4) is 0 Å². The molecule has 0 saturated heterocycles. The quantitative estimate of drug-likeness (QED) is 0.726. The van der Waals surface area contributed by atoms with Crippen LogP contribution in [0.5, 0.6) is 0 Å². The summed E-state index contributed by atoms with van der Waals surface area (Å²) < 4.78 is 0. The van der Waals surface area contributed by atoms with Crippen LogP contribution in [0.4, 0.5) is 0 Å². The van der Waals surface area contributed by atoms with Crippen LogP contribution in [-0.4, -0.2) is 4.98 Å². The molecule has 80 valence electrons. The second-order valence-corrected chi connectivity index (χ2v) is 3.81. The predicted octanol–water partition coefficient (Wildman–Crippen LogP) is 4.09. The fourth-order valence-electron chi connectivity index (χ4n) is 1.74. The molecule has 2 rings (SSSR count). The summed E-state index contributed by atoms with van der Waals surface area (Å²) in [5, 5.41) is 0. The number of rotatable bonds is 2. The Morgan fingerprint density at radius 3 is 2.69 bits per heavy atom. The molecule has 16 heavy (non-hydrogen) atoms. The summed E-state index contributed by atoms with van der Waals surface area (Å²) in [5.74, 6) is 0. The molecule has 0 aliphatic rings. The minimum Gasteiger partial charge on any atom is -0.256 e. The van der Waals surface area contributed by atoms with Crippen molar-refractivity contribution in [2.45, 2.75) is 13.8 Å². The summed E-state index contributed by atoms with van der Waals surface area (Å²) in [6.07, 6.45) is 6.00. The largest absolute Gasteiger partial charge is 0.256 e. The number of hydrogen-bond donors (Lipinski definition) is 0. The Labute approximate surface area is 96.5 Å². The van der Waals surface area contributed by atoms with E-state index in [1.807, 2.05) is 31.3 Å². The summed E-state index contributed by atoms with van der Waals surface area (Å²) in [4.78, 5) is 4.40. The Balaban J connectivity index is 2.58. The van der Waals surface area contributed by atoms with Crippen LogP contribution < -0.4 is 0 Å². The van der Waals surface area contributed by atoms with Gasteiger partial charge in [0.05, 0.1) is 5.69 Å². The van der Waals surface area contributed by atoms with E-state index in [0.29, 0.717) is 0 Å². The van der Waals surface area contributed by atoms with Crippen molar-refractivity contribution in [3.8, 4) is 11.3 Å². The predicted molar refractivity (Wildman–Crippen MR) is 69.1 cm³/mol. The van der Waals surface area contributed by atoms with Gasteiger partial charge in [-0.25, -0.2) is 0 Å². The van der Waals surface area contributed by atoms with Crippen molar-refractivity contribution in [2.24, 2.45) is 0 Å². The molecule has 1 nitrogen and oxygen atoms in total. The van der Waals surface area contributed by atoms with Gasteiger partial charge in [0, 0.05) is 11.8 Å². The smallest absolute Gasteiger partial charge is 0.0708 e. The van der Waals surface area contributed by atoms with Crippen LogP contribution in [0.25, 0.3) is 17.3 Å². The van der Waals surface area contributed by atoms with E-state index in [1.165, 1.54) is 16.7 Å². The van der Waals surface area contributed by atoms with E-state index in [-0.39, 0.29) is 0 Å². The molecule has 1 heterocycles. The van der Waals surface area contributed by atoms with Crippen molar-refractivity contribution in [1.29, 1.82) is 0 Å². The molecule has 0 atom stereocenters. The number of aryl methyl sites for hydroxylation is 1. The Bertz CT molecular complexity index is 498. The molecule has 1 heteroatoms. The molecule has 2 aromatic rings. The summed E-state index contributed by atoms with van der Waals surface area (Å²) in [6, 6.07) is 12.4. The van der Waals surface area contributed by atoms with Crippen molar-refractivity contribution >= 4 is 6.08 Å². The van der Waals surface area contributed by atoms with Gasteiger partial charge in [-0.1, -0.05) is 35.9 Å². The lowest BCUT2D eigenvalue weighted by Gasteiger charge is -2.06. The monoisotopic (exact) mass is 209 g/mol. The molecule has 0 aliphatic heterocycles. The molecule has 0 unspecified atom stereocenters. The normalized spacial score (nSPS) is 10.9. The second-order valence-electron chi connectivity index (χ2n) is 3.81. The van der Waals surface area contributed by atoms with E-state index in [4.69, 9.17) is 0 Å². The van der Waals surface area contributed by atoms with Crippen molar-refractivity contribution in [2.75, 3.05) is 0 Å². The average Bonchev–Trinajstić information content (AvgIpc) is 2.33. The number of pyridine rings is 1. The molecule has 1 aromatic heterocycles. The van der Waals surface area contributed by atoms with Gasteiger partial charge in [-0.15, -0.1) is 0 Å². The van der Waals surface area contributed by atoms with E-state index >= 15 is 0 Å². The minimum atomic E-state index is 1.03. The molecule has 0 fully saturated rings. The van der Waals surface area contributed by atoms with Gasteiger partial charge in [-0.3, -0.25) is 4.98 Å². The summed E-state index contributed by atoms with van der Waals surface area (Å²) >= 11 is 0. The van der Waals surface area contributed by atoms with Crippen molar-refractivity contribution in [3.63, 3.8) is 0 Å². The van der Waals surface area contributed by atoms with Gasteiger partial charge in [0.15, 0.2) is 0 Å². The SMILES string of the molecule is C/C=C\c1ccc(C)cc1-c1ccccn1. The standard InChI is InChI=1S/C15H15N/c1-3-6-13-9-8-12(2)11-14(13)15-7-4-5-10-16-15/h3-11H,1-2H3/b6-3-. The van der Waals surface area contributed by atoms with Gasteiger partial charge in [0.25, 0.3) is 0 Å². The van der Waals surface area contributed by atoms with Crippen LogP contribution in [0.1, 0.15) is 18.1 Å². The number of nitrogens with zero attached hydrogens (tertiary/aromatic N) is 1. The van der Waals surface area contributed by atoms with E-state index < -0.39 is 0 Å². The number of hydrogen-bond acceptors (Lipinski definition) is 1. The summed E-state index contributed by atoms with van der Waals surface area (Å²) in [7, 11) is 0. The molecular weight excluding hydrogens is 194 g/mol. The maximum atomic E-state index is 4.40. The Hall–Kier alpha value is -1.89. The summed E-state index contributed by atoms with van der Waals surface area (Å²) in [5.41, 5.74) is 4.69. The first-order valence-corrected chi connectivity index (χ1v) is 5.46. The van der Waals surface area contributed by atoms with Crippen LogP contribution in [0.15, 0.2) is 48.7 Å². The molecule has 0 bridgehead atoms. The zero-order valence-corrected chi connectivity index (χ0v) is 9.64. The topological polar surface area (TPSA) is 12.9 Å². The molecule has 0 amide bonds. The molecule has 0 N–H and O–H groups in total. The van der Waals surface area contributed by atoms with E-state index in [9.17, 15) is 0 Å². The van der Waals surface area contributed by atoms with Crippen LogP contribution in [0, 0.1) is 6.92 Å². The molecule has 0 radical (unpaired) electrons. The molecule has 0 saturated carbocycles. The fraction of sp³-hybridized carbons (Fsp3) is 0.133. The van der Waals surface area contributed by atoms with Crippen LogP contribution in [0.2, 0.25) is 0 Å². The van der Waals surface area contributed by atoms with E-state index in [1.54, 1.807) is 0 Å². The maximum Gasteiger partial charge on any atom is 0.0708 e. The van der Waals surface area contributed by atoms with Gasteiger partial charge in [-0.2, -0.15) is 0 Å². The molecule has 0 aliphatic carbocycles. The van der Waals surface area contributed by atoms with Gasteiger partial charge >= 0.3 is 0 Å². The first kappa shape index (κ1) is 10.6. The maximum absolute atomic E-state index is 4.40. The Morgan fingerprint density at radius 2 is 2.00 bits per heavy atom. The zero-order valence-electron chi connectivity index (χ0n) is 9.64. The van der Waals surface area contributed by atoms with Crippen molar-refractivity contribution in [1.82, 2.24) is 4.98 Å². The zero-order chi connectivity index (χ0) is 11.4. The van der Waals surface area contributed by atoms with Gasteiger partial charge in [0.2, 0.25) is 0 Å². The van der Waals surface area contributed by atoms with Crippen molar-refractivity contribution < 1.29 is 0 Å². The highest BCUT2D eigenvalue weighted by molar-refractivity contribution is 5.73. The average molecular weight is 209 g/mol. The fourth-order valence-corrected chi connectivity index (χ4v) is 1.74. The van der Waals surface area contributed by atoms with Gasteiger partial charge in [-0.05, 0) is 37.6 Å².